The van der Waals surface area contributed by atoms with Crippen LogP contribution in [-0.4, -0.2) is 69.5 Å². The maximum atomic E-state index is 13.3. The van der Waals surface area contributed by atoms with E-state index in [0.717, 1.165) is 10.2 Å². The predicted octanol–water partition coefficient (Wildman–Crippen LogP) is 4.04. The molecule has 2 unspecified atom stereocenters. The lowest BCUT2D eigenvalue weighted by Gasteiger charge is -2.26. The highest BCUT2D eigenvalue weighted by atomic mass is 32.1. The second kappa shape index (κ2) is 8.88. The fourth-order valence-corrected chi connectivity index (χ4v) is 6.88. The van der Waals surface area contributed by atoms with Crippen molar-refractivity contribution in [3.05, 3.63) is 53.2 Å². The number of imide groups is 1. The molecule has 1 aromatic carbocycles. The second-order valence-electron chi connectivity index (χ2n) is 11.6. The summed E-state index contributed by atoms with van der Waals surface area (Å²) >= 11 is 1.51. The number of aromatic amines is 1. The largest absolute Gasteiger partial charge is 0.444 e. The predicted molar refractivity (Wildman–Crippen MR) is 153 cm³/mol. The Hall–Kier alpha value is -4.25. The van der Waals surface area contributed by atoms with Crippen LogP contribution in [0, 0.1) is 11.8 Å². The quantitative estimate of drug-likeness (QED) is 0.366. The zero-order chi connectivity index (χ0) is 27.8. The Morgan fingerprint density at radius 3 is 2.48 bits per heavy atom. The number of rotatable bonds is 3. The first-order valence-electron chi connectivity index (χ1n) is 13.3. The van der Waals surface area contributed by atoms with E-state index in [1.165, 1.54) is 11.3 Å². The number of hydrogen-bond acceptors (Lipinski definition) is 8. The fourth-order valence-electron chi connectivity index (χ4n) is 6.00. The van der Waals surface area contributed by atoms with E-state index in [4.69, 9.17) is 14.7 Å². The fraction of sp³-hybridized carbons (Fsp3) is 0.345. The summed E-state index contributed by atoms with van der Waals surface area (Å²) in [6, 6.07) is 9.50. The molecule has 3 amide bonds. The summed E-state index contributed by atoms with van der Waals surface area (Å²) in [7, 11) is 0. The van der Waals surface area contributed by atoms with Crippen molar-refractivity contribution in [1.29, 1.82) is 0 Å². The van der Waals surface area contributed by atoms with Crippen LogP contribution in [0.15, 0.2) is 41.9 Å². The average Bonchev–Trinajstić information content (AvgIpc) is 3.69. The van der Waals surface area contributed by atoms with Gasteiger partial charge in [0.1, 0.15) is 5.60 Å². The maximum Gasteiger partial charge on any atom is 0.410 e. The monoisotopic (exact) mass is 556 g/mol. The smallest absolute Gasteiger partial charge is 0.410 e. The van der Waals surface area contributed by atoms with Crippen LogP contribution in [0.1, 0.15) is 32.0 Å². The van der Waals surface area contributed by atoms with E-state index in [0.29, 0.717) is 59.9 Å². The van der Waals surface area contributed by atoms with Crippen molar-refractivity contribution >= 4 is 67.5 Å². The molecule has 0 spiro atoms. The first kappa shape index (κ1) is 24.8. The Morgan fingerprint density at radius 2 is 1.73 bits per heavy atom. The van der Waals surface area contributed by atoms with Gasteiger partial charge in [-0.05, 0) is 38.3 Å². The highest BCUT2D eigenvalue weighted by Crippen LogP contribution is 2.40. The van der Waals surface area contributed by atoms with Gasteiger partial charge in [-0.3, -0.25) is 14.9 Å². The number of carbonyl (C=O) groups excluding carboxylic acids is 3. The minimum atomic E-state index is -0.534. The van der Waals surface area contributed by atoms with Gasteiger partial charge in [-0.15, -0.1) is 11.3 Å². The number of aromatic nitrogens is 3. The van der Waals surface area contributed by atoms with Gasteiger partial charge in [0.05, 0.1) is 32.6 Å². The van der Waals surface area contributed by atoms with E-state index in [1.54, 1.807) is 11.1 Å². The summed E-state index contributed by atoms with van der Waals surface area (Å²) in [5.74, 6) is 0.151. The van der Waals surface area contributed by atoms with Gasteiger partial charge >= 0.3 is 6.09 Å². The maximum absolute atomic E-state index is 13.3. The summed E-state index contributed by atoms with van der Waals surface area (Å²) in [6.45, 7) is 8.22. The summed E-state index contributed by atoms with van der Waals surface area (Å²) < 4.78 is 6.49. The second-order valence-corrected chi connectivity index (χ2v) is 12.5. The van der Waals surface area contributed by atoms with Crippen LogP contribution < -0.4 is 10.2 Å². The summed E-state index contributed by atoms with van der Waals surface area (Å²) in [5, 5.41) is 5.15. The molecule has 0 aliphatic carbocycles. The van der Waals surface area contributed by atoms with Crippen molar-refractivity contribution in [3.63, 3.8) is 0 Å². The normalized spacial score (nSPS) is 21.2. The number of ether oxygens (including phenoxy) is 1. The Balaban J connectivity index is 1.26. The van der Waals surface area contributed by atoms with Crippen LogP contribution in [0.4, 0.5) is 10.7 Å². The number of para-hydroxylation sites is 1. The van der Waals surface area contributed by atoms with Gasteiger partial charge in [-0.1, -0.05) is 18.2 Å². The number of fused-ring (bicyclic) bond motifs is 3. The van der Waals surface area contributed by atoms with Crippen molar-refractivity contribution in [2.24, 2.45) is 11.8 Å². The number of H-pyrrole nitrogens is 1. The lowest BCUT2D eigenvalue weighted by Crippen LogP contribution is -2.37. The lowest BCUT2D eigenvalue weighted by molar-refractivity contribution is -0.122. The third-order valence-corrected chi connectivity index (χ3v) is 8.68. The Kier molecular flexibility index (Phi) is 5.50. The molecule has 10 nitrogen and oxygen atoms in total. The number of thiophene rings is 1. The molecule has 3 aliphatic rings. The number of nitrogens with zero attached hydrogens (tertiary/aromatic N) is 4. The molecule has 0 radical (unpaired) electrons. The third-order valence-electron chi connectivity index (χ3n) is 7.73. The number of nitrogens with one attached hydrogen (secondary N) is 2. The van der Waals surface area contributed by atoms with Gasteiger partial charge in [0.2, 0.25) is 5.95 Å². The topological polar surface area (TPSA) is 121 Å². The number of benzene rings is 1. The van der Waals surface area contributed by atoms with Crippen LogP contribution >= 0.6 is 11.3 Å². The number of anilines is 1. The SMILES string of the molecule is CC(C)(C)OC(=O)N1CC2CN(c3nc(C4=C(c5c[nH]c6ccsc56)C(=O)NC4=O)c4ccccc4n3)CC2C1. The molecule has 2 atom stereocenters. The van der Waals surface area contributed by atoms with Crippen molar-refractivity contribution in [3.8, 4) is 0 Å². The van der Waals surface area contributed by atoms with Crippen LogP contribution in [0.2, 0.25) is 0 Å². The van der Waals surface area contributed by atoms with Gasteiger partial charge in [-0.25, -0.2) is 14.8 Å². The molecule has 0 saturated carbocycles. The molecule has 6 heterocycles. The molecule has 2 saturated heterocycles. The molecule has 11 heteroatoms. The Morgan fingerprint density at radius 1 is 1.00 bits per heavy atom. The van der Waals surface area contributed by atoms with E-state index >= 15 is 0 Å². The highest BCUT2D eigenvalue weighted by Gasteiger charge is 2.44. The van der Waals surface area contributed by atoms with Gasteiger partial charge in [0.25, 0.3) is 11.8 Å². The highest BCUT2D eigenvalue weighted by molar-refractivity contribution is 7.17. The minimum Gasteiger partial charge on any atom is -0.444 e. The third kappa shape index (κ3) is 4.03. The van der Waals surface area contributed by atoms with Gasteiger partial charge in [-0.2, -0.15) is 0 Å². The minimum absolute atomic E-state index is 0.259. The van der Waals surface area contributed by atoms with E-state index in [-0.39, 0.29) is 23.5 Å². The summed E-state index contributed by atoms with van der Waals surface area (Å²) in [4.78, 5) is 55.9. The van der Waals surface area contributed by atoms with E-state index in [1.807, 2.05) is 56.5 Å². The Bertz CT molecular complexity index is 1730. The molecule has 2 fully saturated rings. The average molecular weight is 557 g/mol. The zero-order valence-electron chi connectivity index (χ0n) is 22.4. The molecule has 204 valence electrons. The lowest BCUT2D eigenvalue weighted by atomic mass is 9.99. The number of amides is 3. The summed E-state index contributed by atoms with van der Waals surface area (Å²) in [6.07, 6.45) is 1.50. The molecule has 0 bridgehead atoms. The van der Waals surface area contributed by atoms with E-state index < -0.39 is 17.4 Å². The molecular weight excluding hydrogens is 528 g/mol. The summed E-state index contributed by atoms with van der Waals surface area (Å²) in [5.41, 5.74) is 2.78. The number of hydrogen-bond donors (Lipinski definition) is 2. The van der Waals surface area contributed by atoms with Crippen LogP contribution in [0.3, 0.4) is 0 Å². The zero-order valence-corrected chi connectivity index (χ0v) is 23.2. The van der Waals surface area contributed by atoms with Crippen molar-refractivity contribution in [2.75, 3.05) is 31.1 Å². The van der Waals surface area contributed by atoms with Crippen LogP contribution in [0.5, 0.6) is 0 Å². The van der Waals surface area contributed by atoms with Crippen molar-refractivity contribution in [2.45, 2.75) is 26.4 Å². The molecule has 3 aromatic heterocycles. The van der Waals surface area contributed by atoms with E-state index in [2.05, 4.69) is 15.2 Å². The van der Waals surface area contributed by atoms with Crippen LogP contribution in [-0.2, 0) is 14.3 Å². The first-order chi connectivity index (χ1) is 19.2. The van der Waals surface area contributed by atoms with Crippen molar-refractivity contribution < 1.29 is 19.1 Å². The van der Waals surface area contributed by atoms with E-state index in [9.17, 15) is 14.4 Å². The number of carbonyl (C=O) groups is 3. The molecular formula is C29H28N6O4S. The standard InChI is InChI=1S/C29H28N6O4S/c1-29(2,3)39-28(38)35-13-15-11-34(12-16(15)14-35)27-31-19-7-5-4-6-17(19)23(32-27)22-21(25(36)33-26(22)37)18-10-30-20-8-9-40-24(18)20/h4-10,15-16,30H,11-14H2,1-3H3,(H,33,36,37). The molecule has 7 rings (SSSR count). The molecule has 2 N–H and O–H groups in total. The van der Waals surface area contributed by atoms with Gasteiger partial charge < -0.3 is 19.5 Å². The molecule has 3 aliphatic heterocycles. The first-order valence-corrected chi connectivity index (χ1v) is 14.2. The molecule has 4 aromatic rings. The van der Waals surface area contributed by atoms with Crippen molar-refractivity contribution in [1.82, 2.24) is 25.2 Å². The Labute approximate surface area is 234 Å². The van der Waals surface area contributed by atoms with Gasteiger partial charge in [0.15, 0.2) is 0 Å². The van der Waals surface area contributed by atoms with Crippen LogP contribution in [0.25, 0.3) is 32.3 Å². The van der Waals surface area contributed by atoms with Gasteiger partial charge in [0, 0.05) is 55.2 Å². The number of likely N-dealkylation sites (tertiary alicyclic amines) is 1. The molecule has 40 heavy (non-hydrogen) atoms.